The summed E-state index contributed by atoms with van der Waals surface area (Å²) < 4.78 is 0. The van der Waals surface area contributed by atoms with Gasteiger partial charge in [-0.3, -0.25) is 0 Å². The molecule has 0 spiro atoms. The summed E-state index contributed by atoms with van der Waals surface area (Å²) >= 11 is 0. The Bertz CT molecular complexity index is 305. The molecule has 1 nitrogen and oxygen atoms in total. The van der Waals surface area contributed by atoms with Gasteiger partial charge in [0.1, 0.15) is 0 Å². The van der Waals surface area contributed by atoms with Gasteiger partial charge >= 0.3 is 0 Å². The predicted octanol–water partition coefficient (Wildman–Crippen LogP) is 3.48. The Kier molecular flexibility index (Phi) is 2.99. The maximum atomic E-state index is 2.53. The minimum absolute atomic E-state index is 0.829. The van der Waals surface area contributed by atoms with Gasteiger partial charge in [0, 0.05) is 18.8 Å². The molecule has 1 aliphatic heterocycles. The molecule has 1 saturated heterocycles. The lowest BCUT2D eigenvalue weighted by Crippen LogP contribution is -2.38. The second kappa shape index (κ2) is 4.26. The van der Waals surface area contributed by atoms with E-state index in [0.29, 0.717) is 0 Å². The quantitative estimate of drug-likeness (QED) is 0.675. The van der Waals surface area contributed by atoms with Crippen molar-refractivity contribution in [2.45, 2.75) is 27.2 Å². The Morgan fingerprint density at radius 3 is 2.07 bits per heavy atom. The van der Waals surface area contributed by atoms with E-state index in [0.717, 1.165) is 11.8 Å². The van der Waals surface area contributed by atoms with Gasteiger partial charge in [0.25, 0.3) is 0 Å². The zero-order valence-corrected chi connectivity index (χ0v) is 10.0. The smallest absolute Gasteiger partial charge is 0.0366 e. The average molecular weight is 203 g/mol. The summed E-state index contributed by atoms with van der Waals surface area (Å²) in [6.07, 6.45) is 1.38. The number of aryl methyl sites for hydroxylation is 1. The molecule has 0 amide bonds. The molecular weight excluding hydrogens is 182 g/mol. The number of nitrogens with zero attached hydrogens (tertiary/aromatic N) is 1. The molecule has 0 radical (unpaired) electrons. The van der Waals surface area contributed by atoms with Crippen molar-refractivity contribution in [1.82, 2.24) is 0 Å². The van der Waals surface area contributed by atoms with Gasteiger partial charge < -0.3 is 4.90 Å². The molecule has 1 aliphatic rings. The zero-order chi connectivity index (χ0) is 10.8. The van der Waals surface area contributed by atoms with E-state index in [1.807, 2.05) is 0 Å². The molecule has 1 fully saturated rings. The van der Waals surface area contributed by atoms with Crippen LogP contribution in [0.4, 0.5) is 5.69 Å². The first-order valence-electron chi connectivity index (χ1n) is 5.97. The lowest BCUT2D eigenvalue weighted by atomic mass is 9.91. The average Bonchev–Trinajstić information content (AvgIpc) is 2.17. The Morgan fingerprint density at radius 1 is 1.00 bits per heavy atom. The highest BCUT2D eigenvalue weighted by Gasteiger charge is 2.21. The van der Waals surface area contributed by atoms with Crippen LogP contribution in [0.15, 0.2) is 24.3 Å². The molecule has 15 heavy (non-hydrogen) atoms. The van der Waals surface area contributed by atoms with E-state index >= 15 is 0 Å². The maximum absolute atomic E-state index is 2.53. The Balaban J connectivity index is 2.12. The number of hydrogen-bond donors (Lipinski definition) is 0. The van der Waals surface area contributed by atoms with Gasteiger partial charge in [0.15, 0.2) is 0 Å². The van der Waals surface area contributed by atoms with E-state index in [4.69, 9.17) is 0 Å². The normalized spacial score (nSPS) is 26.7. The first kappa shape index (κ1) is 10.5. The number of piperidine rings is 1. The van der Waals surface area contributed by atoms with Crippen molar-refractivity contribution in [3.8, 4) is 0 Å². The van der Waals surface area contributed by atoms with Crippen LogP contribution in [0, 0.1) is 18.8 Å². The van der Waals surface area contributed by atoms with Gasteiger partial charge in [-0.15, -0.1) is 0 Å². The largest absolute Gasteiger partial charge is 0.371 e. The Labute approximate surface area is 93.1 Å². The zero-order valence-electron chi connectivity index (χ0n) is 10.0. The second-order valence-electron chi connectivity index (χ2n) is 5.19. The van der Waals surface area contributed by atoms with E-state index in [1.54, 1.807) is 0 Å². The molecule has 0 saturated carbocycles. The monoisotopic (exact) mass is 203 g/mol. The van der Waals surface area contributed by atoms with Crippen LogP contribution in [0.3, 0.4) is 0 Å². The summed E-state index contributed by atoms with van der Waals surface area (Å²) in [4.78, 5) is 2.53. The van der Waals surface area contributed by atoms with Gasteiger partial charge in [-0.25, -0.2) is 0 Å². The third kappa shape index (κ3) is 2.53. The highest BCUT2D eigenvalue weighted by molar-refractivity contribution is 5.47. The van der Waals surface area contributed by atoms with Gasteiger partial charge in [-0.1, -0.05) is 31.5 Å². The third-order valence-electron chi connectivity index (χ3n) is 3.27. The van der Waals surface area contributed by atoms with Crippen LogP contribution in [-0.4, -0.2) is 13.1 Å². The Morgan fingerprint density at radius 2 is 1.53 bits per heavy atom. The lowest BCUT2D eigenvalue weighted by Gasteiger charge is -2.36. The van der Waals surface area contributed by atoms with Crippen molar-refractivity contribution in [2.75, 3.05) is 18.0 Å². The fourth-order valence-electron chi connectivity index (χ4n) is 2.63. The van der Waals surface area contributed by atoms with E-state index < -0.39 is 0 Å². The lowest BCUT2D eigenvalue weighted by molar-refractivity contribution is 0.357. The summed E-state index contributed by atoms with van der Waals surface area (Å²) in [6.45, 7) is 9.29. The van der Waals surface area contributed by atoms with Gasteiger partial charge in [-0.05, 0) is 37.3 Å². The third-order valence-corrected chi connectivity index (χ3v) is 3.27. The summed E-state index contributed by atoms with van der Waals surface area (Å²) in [5.41, 5.74) is 2.73. The molecule has 0 bridgehead atoms. The minimum Gasteiger partial charge on any atom is -0.371 e. The van der Waals surface area contributed by atoms with Gasteiger partial charge in [0.2, 0.25) is 0 Å². The van der Waals surface area contributed by atoms with Crippen molar-refractivity contribution < 1.29 is 0 Å². The van der Waals surface area contributed by atoms with Crippen molar-refractivity contribution in [1.29, 1.82) is 0 Å². The maximum Gasteiger partial charge on any atom is 0.0366 e. The number of rotatable bonds is 1. The molecule has 2 rings (SSSR count). The first-order chi connectivity index (χ1) is 7.15. The molecule has 0 unspecified atom stereocenters. The van der Waals surface area contributed by atoms with E-state index in [1.165, 1.54) is 30.8 Å². The van der Waals surface area contributed by atoms with Crippen LogP contribution < -0.4 is 4.90 Å². The summed E-state index contributed by atoms with van der Waals surface area (Å²) in [5, 5.41) is 0. The van der Waals surface area contributed by atoms with E-state index in [9.17, 15) is 0 Å². The minimum atomic E-state index is 0.829. The Hall–Kier alpha value is -0.980. The summed E-state index contributed by atoms with van der Waals surface area (Å²) in [5.74, 6) is 1.66. The van der Waals surface area contributed by atoms with Crippen LogP contribution >= 0.6 is 0 Å². The fourth-order valence-corrected chi connectivity index (χ4v) is 2.63. The highest BCUT2D eigenvalue weighted by atomic mass is 15.1. The van der Waals surface area contributed by atoms with Crippen LogP contribution in [0.2, 0.25) is 0 Å². The summed E-state index contributed by atoms with van der Waals surface area (Å²) in [7, 11) is 0. The van der Waals surface area contributed by atoms with Crippen LogP contribution in [0.1, 0.15) is 25.8 Å². The van der Waals surface area contributed by atoms with E-state index in [2.05, 4.69) is 49.9 Å². The second-order valence-corrected chi connectivity index (χ2v) is 5.19. The molecule has 1 heteroatoms. The van der Waals surface area contributed by atoms with Crippen LogP contribution in [-0.2, 0) is 0 Å². The topological polar surface area (TPSA) is 3.24 Å². The molecule has 2 atom stereocenters. The molecule has 82 valence electrons. The van der Waals surface area contributed by atoms with Crippen molar-refractivity contribution >= 4 is 5.69 Å². The summed E-state index contributed by atoms with van der Waals surface area (Å²) in [6, 6.07) is 8.92. The molecule has 1 aromatic carbocycles. The highest BCUT2D eigenvalue weighted by Crippen LogP contribution is 2.26. The van der Waals surface area contributed by atoms with E-state index in [-0.39, 0.29) is 0 Å². The molecule has 1 heterocycles. The van der Waals surface area contributed by atoms with Crippen LogP contribution in [0.5, 0.6) is 0 Å². The van der Waals surface area contributed by atoms with Gasteiger partial charge in [-0.2, -0.15) is 0 Å². The molecule has 0 N–H and O–H groups in total. The molecule has 0 aliphatic carbocycles. The number of anilines is 1. The van der Waals surface area contributed by atoms with Crippen LogP contribution in [0.25, 0.3) is 0 Å². The standard InChI is InChI=1S/C14H21N/c1-11-4-6-14(7-5-11)15-9-12(2)8-13(3)10-15/h4-7,12-13H,8-10H2,1-3H3/t12-,13+. The van der Waals surface area contributed by atoms with Crippen molar-refractivity contribution in [3.63, 3.8) is 0 Å². The van der Waals surface area contributed by atoms with Crippen molar-refractivity contribution in [2.24, 2.45) is 11.8 Å². The number of benzene rings is 1. The van der Waals surface area contributed by atoms with Gasteiger partial charge in [0.05, 0.1) is 0 Å². The number of hydrogen-bond acceptors (Lipinski definition) is 1. The van der Waals surface area contributed by atoms with Crippen molar-refractivity contribution in [3.05, 3.63) is 29.8 Å². The first-order valence-corrected chi connectivity index (χ1v) is 5.97. The molecule has 0 aromatic heterocycles. The molecule has 1 aromatic rings. The fraction of sp³-hybridized carbons (Fsp3) is 0.571. The predicted molar refractivity (Wildman–Crippen MR) is 66.3 cm³/mol. The SMILES string of the molecule is Cc1ccc(N2C[C@H](C)C[C@H](C)C2)cc1. The molecular formula is C14H21N.